The average Bonchev–Trinajstić information content (AvgIpc) is 2.93. The Kier molecular flexibility index (Phi) is 4.71. The largest absolute Gasteiger partial charge is 0.323 e. The molecule has 2 aromatic carbocycles. The minimum atomic E-state index is -1.65. The molecule has 0 radical (unpaired) electrons. The number of para-hydroxylation sites is 1. The first-order valence-corrected chi connectivity index (χ1v) is 8.73. The SMILES string of the molecule is O=C(C[S@](=O)[C@H]1CCc2c(F)cc(F)cc21)Nc1ccccc1F. The minimum absolute atomic E-state index is 0.00316. The standard InChI is InChI=1S/C17H14F3NO2S/c18-10-7-12-11(14(20)8-10)5-6-16(12)24(23)9-17(22)21-15-4-2-1-3-13(15)19/h1-4,7-8,16H,5-6,9H2,(H,21,22)/t16-,24-/m0/s1. The van der Waals surface area contributed by atoms with Gasteiger partial charge in [0.05, 0.1) is 10.9 Å². The van der Waals surface area contributed by atoms with Gasteiger partial charge in [-0.1, -0.05) is 12.1 Å². The predicted octanol–water partition coefficient (Wildman–Crippen LogP) is 3.48. The van der Waals surface area contributed by atoms with Gasteiger partial charge in [0, 0.05) is 16.9 Å². The molecular weight excluding hydrogens is 339 g/mol. The van der Waals surface area contributed by atoms with E-state index in [2.05, 4.69) is 5.32 Å². The van der Waals surface area contributed by atoms with E-state index in [0.717, 1.165) is 6.07 Å². The van der Waals surface area contributed by atoms with Crippen molar-refractivity contribution in [3.63, 3.8) is 0 Å². The molecule has 7 heteroatoms. The van der Waals surface area contributed by atoms with Gasteiger partial charge in [-0.25, -0.2) is 13.2 Å². The smallest absolute Gasteiger partial charge is 0.237 e. The van der Waals surface area contributed by atoms with Crippen LogP contribution < -0.4 is 5.32 Å². The van der Waals surface area contributed by atoms with E-state index in [1.807, 2.05) is 0 Å². The first-order chi connectivity index (χ1) is 11.5. The van der Waals surface area contributed by atoms with Crippen LogP contribution in [-0.4, -0.2) is 15.9 Å². The van der Waals surface area contributed by atoms with E-state index < -0.39 is 39.4 Å². The number of hydrogen-bond donors (Lipinski definition) is 1. The van der Waals surface area contributed by atoms with E-state index in [4.69, 9.17) is 0 Å². The second-order valence-corrected chi connectivity index (χ2v) is 7.16. The normalized spacial score (nSPS) is 17.4. The Morgan fingerprint density at radius 2 is 1.92 bits per heavy atom. The number of benzene rings is 2. The highest BCUT2D eigenvalue weighted by Gasteiger charge is 2.31. The molecule has 0 spiro atoms. The van der Waals surface area contributed by atoms with Crippen molar-refractivity contribution in [3.8, 4) is 0 Å². The molecule has 0 unspecified atom stereocenters. The fraction of sp³-hybridized carbons (Fsp3) is 0.235. The third kappa shape index (κ3) is 3.36. The van der Waals surface area contributed by atoms with Gasteiger partial charge in [0.25, 0.3) is 0 Å². The van der Waals surface area contributed by atoms with Crippen LogP contribution in [0, 0.1) is 17.5 Å². The van der Waals surface area contributed by atoms with Gasteiger partial charge in [0.2, 0.25) is 5.91 Å². The van der Waals surface area contributed by atoms with E-state index in [-0.39, 0.29) is 11.4 Å². The Morgan fingerprint density at radius 1 is 1.17 bits per heavy atom. The number of fused-ring (bicyclic) bond motifs is 1. The fourth-order valence-electron chi connectivity index (χ4n) is 2.86. The van der Waals surface area contributed by atoms with Gasteiger partial charge in [0.15, 0.2) is 0 Å². The molecule has 1 aliphatic carbocycles. The Hall–Kier alpha value is -2.15. The second-order valence-electron chi connectivity index (χ2n) is 5.54. The summed E-state index contributed by atoms with van der Waals surface area (Å²) >= 11 is 0. The lowest BCUT2D eigenvalue weighted by Gasteiger charge is -2.12. The summed E-state index contributed by atoms with van der Waals surface area (Å²) in [7, 11) is -1.65. The van der Waals surface area contributed by atoms with Crippen LogP contribution >= 0.6 is 0 Å². The van der Waals surface area contributed by atoms with E-state index in [1.54, 1.807) is 6.07 Å². The number of carbonyl (C=O) groups is 1. The molecule has 1 N–H and O–H groups in total. The molecule has 2 aromatic rings. The minimum Gasteiger partial charge on any atom is -0.323 e. The highest BCUT2D eigenvalue weighted by Crippen LogP contribution is 2.37. The van der Waals surface area contributed by atoms with Crippen LogP contribution in [0.25, 0.3) is 0 Å². The molecule has 0 fully saturated rings. The quantitative estimate of drug-likeness (QED) is 0.915. The maximum atomic E-state index is 13.7. The summed E-state index contributed by atoms with van der Waals surface area (Å²) in [6.07, 6.45) is 0.738. The fourth-order valence-corrected chi connectivity index (χ4v) is 4.26. The molecule has 2 atom stereocenters. The van der Waals surface area contributed by atoms with Crippen LogP contribution in [-0.2, 0) is 22.0 Å². The Labute approximate surface area is 139 Å². The number of rotatable bonds is 4. The van der Waals surface area contributed by atoms with Crippen molar-refractivity contribution in [2.45, 2.75) is 18.1 Å². The first kappa shape index (κ1) is 16.7. The highest BCUT2D eigenvalue weighted by atomic mass is 32.2. The monoisotopic (exact) mass is 353 g/mol. The maximum absolute atomic E-state index is 13.7. The molecule has 0 saturated carbocycles. The van der Waals surface area contributed by atoms with Crippen molar-refractivity contribution in [2.75, 3.05) is 11.1 Å². The second kappa shape index (κ2) is 6.76. The molecule has 0 aromatic heterocycles. The maximum Gasteiger partial charge on any atom is 0.237 e. The Morgan fingerprint density at radius 3 is 2.67 bits per heavy atom. The number of carbonyl (C=O) groups excluding carboxylic acids is 1. The topological polar surface area (TPSA) is 46.2 Å². The third-order valence-electron chi connectivity index (χ3n) is 3.94. The van der Waals surface area contributed by atoms with Gasteiger partial charge in [-0.05, 0) is 42.2 Å². The van der Waals surface area contributed by atoms with Gasteiger partial charge >= 0.3 is 0 Å². The van der Waals surface area contributed by atoms with Crippen molar-refractivity contribution in [2.24, 2.45) is 0 Å². The van der Waals surface area contributed by atoms with Crippen LogP contribution in [0.3, 0.4) is 0 Å². The summed E-state index contributed by atoms with van der Waals surface area (Å²) in [5.41, 5.74) is 0.706. The van der Waals surface area contributed by atoms with E-state index >= 15 is 0 Å². The van der Waals surface area contributed by atoms with Crippen LogP contribution in [0.5, 0.6) is 0 Å². The molecule has 1 amide bonds. The zero-order valence-electron chi connectivity index (χ0n) is 12.5. The van der Waals surface area contributed by atoms with Crippen LogP contribution in [0.4, 0.5) is 18.9 Å². The third-order valence-corrected chi connectivity index (χ3v) is 5.61. The summed E-state index contributed by atoms with van der Waals surface area (Å²) in [5, 5.41) is 1.76. The molecule has 0 saturated heterocycles. The summed E-state index contributed by atoms with van der Waals surface area (Å²) in [6, 6.07) is 7.62. The van der Waals surface area contributed by atoms with Crippen LogP contribution in [0.15, 0.2) is 36.4 Å². The number of nitrogens with one attached hydrogen (secondary N) is 1. The van der Waals surface area contributed by atoms with Gasteiger partial charge in [-0.3, -0.25) is 9.00 Å². The van der Waals surface area contributed by atoms with E-state index in [9.17, 15) is 22.2 Å². The molecule has 0 bridgehead atoms. The van der Waals surface area contributed by atoms with Gasteiger partial charge < -0.3 is 5.32 Å². The van der Waals surface area contributed by atoms with E-state index in [0.29, 0.717) is 24.0 Å². The lowest BCUT2D eigenvalue weighted by Crippen LogP contribution is -2.22. The molecule has 24 heavy (non-hydrogen) atoms. The lowest BCUT2D eigenvalue weighted by molar-refractivity contribution is -0.113. The zero-order valence-corrected chi connectivity index (χ0v) is 13.3. The molecular formula is C17H14F3NO2S. The summed E-state index contributed by atoms with van der Waals surface area (Å²) in [6.45, 7) is 0. The Balaban J connectivity index is 1.71. The van der Waals surface area contributed by atoms with Gasteiger partial charge in [-0.15, -0.1) is 0 Å². The molecule has 3 rings (SSSR count). The highest BCUT2D eigenvalue weighted by molar-refractivity contribution is 7.86. The predicted molar refractivity (Wildman–Crippen MR) is 85.5 cm³/mol. The van der Waals surface area contributed by atoms with E-state index in [1.165, 1.54) is 24.3 Å². The van der Waals surface area contributed by atoms with Crippen LogP contribution in [0.2, 0.25) is 0 Å². The molecule has 0 heterocycles. The van der Waals surface area contributed by atoms with Gasteiger partial charge in [-0.2, -0.15) is 0 Å². The van der Waals surface area contributed by atoms with Crippen molar-refractivity contribution in [3.05, 3.63) is 65.0 Å². The van der Waals surface area contributed by atoms with Crippen molar-refractivity contribution in [1.29, 1.82) is 0 Å². The number of hydrogen-bond acceptors (Lipinski definition) is 2. The number of anilines is 1. The number of halogens is 3. The number of amides is 1. The van der Waals surface area contributed by atoms with Crippen molar-refractivity contribution >= 4 is 22.4 Å². The van der Waals surface area contributed by atoms with Crippen molar-refractivity contribution < 1.29 is 22.2 Å². The lowest BCUT2D eigenvalue weighted by atomic mass is 10.1. The average molecular weight is 353 g/mol. The molecule has 1 aliphatic rings. The van der Waals surface area contributed by atoms with Crippen LogP contribution in [0.1, 0.15) is 22.8 Å². The molecule has 126 valence electrons. The molecule has 0 aliphatic heterocycles. The van der Waals surface area contributed by atoms with Crippen molar-refractivity contribution in [1.82, 2.24) is 0 Å². The summed E-state index contributed by atoms with van der Waals surface area (Å²) in [5.74, 6) is -2.95. The molecule has 3 nitrogen and oxygen atoms in total. The Bertz CT molecular complexity index is 825. The van der Waals surface area contributed by atoms with Gasteiger partial charge in [0.1, 0.15) is 23.2 Å². The zero-order chi connectivity index (χ0) is 17.3. The first-order valence-electron chi connectivity index (χ1n) is 7.35. The summed E-state index contributed by atoms with van der Waals surface area (Å²) in [4.78, 5) is 12.0. The summed E-state index contributed by atoms with van der Waals surface area (Å²) < 4.78 is 53.0.